The fourth-order valence-corrected chi connectivity index (χ4v) is 0.219. The van der Waals surface area contributed by atoms with Gasteiger partial charge in [-0.15, -0.1) is 0 Å². The summed E-state index contributed by atoms with van der Waals surface area (Å²) in [6.07, 6.45) is 0. The van der Waals surface area contributed by atoms with Gasteiger partial charge in [0, 0.05) is 6.92 Å². The number of rotatable bonds is 2. The largest absolute Gasteiger partial charge is 0.272 e. The molecule has 0 unspecified atom stereocenters. The molecule has 0 radical (unpaired) electrons. The molecule has 0 aromatic carbocycles. The number of carbonyl (C=O) groups is 1. The number of nitrogens with zero attached hydrogens (tertiary/aromatic N) is 1. The van der Waals surface area contributed by atoms with Crippen LogP contribution in [0.5, 0.6) is 0 Å². The zero-order valence-corrected chi connectivity index (χ0v) is 4.51. The number of hydrogen-bond donors (Lipinski definition) is 4. The summed E-state index contributed by atoms with van der Waals surface area (Å²) >= 11 is 0. The summed E-state index contributed by atoms with van der Waals surface area (Å²) in [4.78, 5) is 10.2. The Morgan fingerprint density at radius 3 is 1.88 bits per heavy atom. The van der Waals surface area contributed by atoms with E-state index in [-0.39, 0.29) is 5.91 Å². The summed E-state index contributed by atoms with van der Waals surface area (Å²) < 4.78 is 0. The lowest BCUT2D eigenvalue weighted by Gasteiger charge is -2.14. The van der Waals surface area contributed by atoms with E-state index in [1.54, 1.807) is 0 Å². The molecule has 0 saturated heterocycles. The second-order valence-electron chi connectivity index (χ2n) is 1.11. The van der Waals surface area contributed by atoms with Crippen LogP contribution in [0.3, 0.4) is 0 Å². The molecule has 0 atom stereocenters. The molecule has 6 heteroatoms. The van der Waals surface area contributed by atoms with Gasteiger partial charge in [0.2, 0.25) is 0 Å². The summed E-state index contributed by atoms with van der Waals surface area (Å²) in [6, 6.07) is 0. The van der Waals surface area contributed by atoms with Gasteiger partial charge < -0.3 is 0 Å². The Morgan fingerprint density at radius 1 is 1.50 bits per heavy atom. The molecule has 0 aliphatic carbocycles. The molecule has 0 aromatic heterocycles. The fourth-order valence-electron chi connectivity index (χ4n) is 0.219. The molecule has 0 aromatic rings. The first-order valence-corrected chi connectivity index (χ1v) is 1.95. The maximum absolute atomic E-state index is 10.2. The van der Waals surface area contributed by atoms with E-state index in [9.17, 15) is 4.79 Å². The van der Waals surface area contributed by atoms with Crippen LogP contribution in [0.1, 0.15) is 6.92 Å². The molecule has 0 aliphatic heterocycles. The standard InChI is InChI=1S/C2H9N5O/c1-2(8)7(5-3)6-4/h5-6H,3-4H2,1H3. The third-order valence-corrected chi connectivity index (χ3v) is 0.573. The van der Waals surface area contributed by atoms with Crippen LogP contribution in [0.4, 0.5) is 0 Å². The third kappa shape index (κ3) is 1.85. The van der Waals surface area contributed by atoms with Crippen LogP contribution in [0.25, 0.3) is 0 Å². The molecule has 0 rings (SSSR count). The predicted octanol–water partition coefficient (Wildman–Crippen LogP) is -2.41. The van der Waals surface area contributed by atoms with Gasteiger partial charge in [0.1, 0.15) is 0 Å². The van der Waals surface area contributed by atoms with Crippen molar-refractivity contribution in [3.8, 4) is 0 Å². The van der Waals surface area contributed by atoms with Crippen LogP contribution in [0.15, 0.2) is 0 Å². The van der Waals surface area contributed by atoms with Gasteiger partial charge in [0.25, 0.3) is 5.91 Å². The molecule has 1 amide bonds. The number of hydrogen-bond acceptors (Lipinski definition) is 5. The third-order valence-electron chi connectivity index (χ3n) is 0.573. The maximum Gasteiger partial charge on any atom is 0.250 e. The first kappa shape index (κ1) is 7.31. The lowest BCUT2D eigenvalue weighted by atomic mass is 10.7. The van der Waals surface area contributed by atoms with Crippen LogP contribution >= 0.6 is 0 Å². The van der Waals surface area contributed by atoms with Crippen molar-refractivity contribution in [2.45, 2.75) is 6.92 Å². The van der Waals surface area contributed by atoms with Crippen LogP contribution < -0.4 is 22.8 Å². The second kappa shape index (κ2) is 3.33. The highest BCUT2D eigenvalue weighted by molar-refractivity contribution is 5.71. The predicted molar refractivity (Wildman–Crippen MR) is 27.2 cm³/mol. The number of carbonyl (C=O) groups excluding carboxylic acids is 1. The average Bonchev–Trinajstić information content (AvgIpc) is 1.69. The minimum absolute atomic E-state index is 0.310. The van der Waals surface area contributed by atoms with Crippen LogP contribution in [0, 0.1) is 0 Å². The molecule has 8 heavy (non-hydrogen) atoms. The van der Waals surface area contributed by atoms with E-state index in [1.807, 2.05) is 11.1 Å². The summed E-state index contributed by atoms with van der Waals surface area (Å²) in [5, 5.41) is 0.833. The molecule has 6 N–H and O–H groups in total. The molecule has 48 valence electrons. The SMILES string of the molecule is CC(=O)N(NN)NN. The molecule has 0 bridgehead atoms. The summed E-state index contributed by atoms with van der Waals surface area (Å²) in [6.45, 7) is 1.31. The molecule has 0 fully saturated rings. The molecular weight excluding hydrogens is 110 g/mol. The van der Waals surface area contributed by atoms with E-state index >= 15 is 0 Å². The maximum atomic E-state index is 10.2. The van der Waals surface area contributed by atoms with Crippen molar-refractivity contribution in [2.75, 3.05) is 0 Å². The lowest BCUT2D eigenvalue weighted by Crippen LogP contribution is -2.56. The van der Waals surface area contributed by atoms with E-state index in [2.05, 4.69) is 0 Å². The fraction of sp³-hybridized carbons (Fsp3) is 0.500. The number of amides is 1. The highest BCUT2D eigenvalue weighted by atomic mass is 16.2. The summed E-state index contributed by atoms with van der Waals surface area (Å²) in [5.74, 6) is 9.28. The molecule has 0 spiro atoms. The highest BCUT2D eigenvalue weighted by Gasteiger charge is 1.99. The van der Waals surface area contributed by atoms with Crippen molar-refractivity contribution in [1.82, 2.24) is 16.2 Å². The monoisotopic (exact) mass is 119 g/mol. The van der Waals surface area contributed by atoms with E-state index in [4.69, 9.17) is 11.7 Å². The molecule has 0 saturated carbocycles. The average molecular weight is 119 g/mol. The van der Waals surface area contributed by atoms with Gasteiger partial charge in [-0.3, -0.25) is 16.5 Å². The van der Waals surface area contributed by atoms with Crippen molar-refractivity contribution in [3.63, 3.8) is 0 Å². The van der Waals surface area contributed by atoms with Crippen molar-refractivity contribution >= 4 is 5.91 Å². The quantitative estimate of drug-likeness (QED) is 0.240. The molecule has 6 nitrogen and oxygen atoms in total. The second-order valence-corrected chi connectivity index (χ2v) is 1.11. The van der Waals surface area contributed by atoms with Crippen molar-refractivity contribution < 1.29 is 4.79 Å². The van der Waals surface area contributed by atoms with Crippen LogP contribution in [0.2, 0.25) is 0 Å². The zero-order chi connectivity index (χ0) is 6.57. The molecule has 0 aliphatic rings. The topological polar surface area (TPSA) is 96.4 Å². The Labute approximate surface area is 46.7 Å². The Bertz CT molecular complexity index is 78.5. The smallest absolute Gasteiger partial charge is 0.250 e. The summed E-state index contributed by atoms with van der Waals surface area (Å²) in [7, 11) is 0. The first-order valence-electron chi connectivity index (χ1n) is 1.95. The van der Waals surface area contributed by atoms with Gasteiger partial charge in [-0.05, 0) is 0 Å². The highest BCUT2D eigenvalue weighted by Crippen LogP contribution is 1.67. The van der Waals surface area contributed by atoms with E-state index in [1.165, 1.54) is 6.92 Å². The lowest BCUT2D eigenvalue weighted by molar-refractivity contribution is -0.136. The first-order chi connectivity index (χ1) is 3.72. The van der Waals surface area contributed by atoms with Gasteiger partial charge in [-0.25, -0.2) is 0 Å². The van der Waals surface area contributed by atoms with Gasteiger partial charge in [-0.1, -0.05) is 0 Å². The van der Waals surface area contributed by atoms with Gasteiger partial charge >= 0.3 is 0 Å². The minimum Gasteiger partial charge on any atom is -0.272 e. The van der Waals surface area contributed by atoms with Gasteiger partial charge in [0.05, 0.1) is 0 Å². The van der Waals surface area contributed by atoms with Crippen LogP contribution in [-0.2, 0) is 4.79 Å². The van der Waals surface area contributed by atoms with Crippen molar-refractivity contribution in [2.24, 2.45) is 11.7 Å². The van der Waals surface area contributed by atoms with Gasteiger partial charge in [-0.2, -0.15) is 16.2 Å². The molecular formula is C2H9N5O. The Hall–Kier alpha value is -0.690. The van der Waals surface area contributed by atoms with Gasteiger partial charge in [0.15, 0.2) is 0 Å². The summed E-state index contributed by atoms with van der Waals surface area (Å²) in [5.41, 5.74) is 4.00. The Balaban J connectivity index is 3.52. The number of nitrogens with one attached hydrogen (secondary N) is 2. The Kier molecular flexibility index (Phi) is 3.04. The minimum atomic E-state index is -0.310. The molecule has 0 heterocycles. The number of nitrogens with two attached hydrogens (primary N) is 2. The normalized spacial score (nSPS) is 8.88. The Morgan fingerprint density at radius 2 is 1.88 bits per heavy atom. The van der Waals surface area contributed by atoms with Crippen molar-refractivity contribution in [3.05, 3.63) is 0 Å². The van der Waals surface area contributed by atoms with Crippen LogP contribution in [-0.4, -0.2) is 11.0 Å². The zero-order valence-electron chi connectivity index (χ0n) is 4.51. The number of hydrazine groups is 4. The van der Waals surface area contributed by atoms with E-state index in [0.29, 0.717) is 0 Å². The van der Waals surface area contributed by atoms with Crippen molar-refractivity contribution in [1.29, 1.82) is 0 Å². The van der Waals surface area contributed by atoms with E-state index < -0.39 is 0 Å². The van der Waals surface area contributed by atoms with E-state index in [0.717, 1.165) is 5.12 Å².